The van der Waals surface area contributed by atoms with Gasteiger partial charge in [-0.05, 0) is 18.6 Å². The molecular weight excluding hydrogens is 181 g/mol. The maximum absolute atomic E-state index is 12.3. The summed E-state index contributed by atoms with van der Waals surface area (Å²) in [6.07, 6.45) is -4.22. The van der Waals surface area contributed by atoms with Gasteiger partial charge >= 0.3 is 6.18 Å². The normalized spacial score (nSPS) is 11.4. The number of alkyl halides is 3. The number of carbonyl (C=O) groups excluding carboxylic acids is 1. The SMILES string of the molecule is Cc1cccc(C(F)(F)F)c1C=O. The van der Waals surface area contributed by atoms with Gasteiger partial charge in [-0.15, -0.1) is 0 Å². The molecule has 1 nitrogen and oxygen atoms in total. The van der Waals surface area contributed by atoms with Gasteiger partial charge in [-0.1, -0.05) is 12.1 Å². The third-order valence-electron chi connectivity index (χ3n) is 1.75. The number of aldehydes is 1. The van der Waals surface area contributed by atoms with E-state index in [0.717, 1.165) is 6.07 Å². The van der Waals surface area contributed by atoms with Crippen molar-refractivity contribution in [3.8, 4) is 0 Å². The number of benzene rings is 1. The number of hydrogen-bond acceptors (Lipinski definition) is 1. The zero-order chi connectivity index (χ0) is 10.1. The van der Waals surface area contributed by atoms with E-state index >= 15 is 0 Å². The van der Waals surface area contributed by atoms with Gasteiger partial charge in [0.1, 0.15) is 0 Å². The first-order chi connectivity index (χ1) is 5.96. The van der Waals surface area contributed by atoms with Crippen molar-refractivity contribution in [1.29, 1.82) is 0 Å². The molecule has 0 unspecified atom stereocenters. The maximum atomic E-state index is 12.3. The van der Waals surface area contributed by atoms with Crippen LogP contribution < -0.4 is 0 Å². The number of rotatable bonds is 1. The van der Waals surface area contributed by atoms with E-state index in [0.29, 0.717) is 5.56 Å². The van der Waals surface area contributed by atoms with Crippen molar-refractivity contribution in [2.75, 3.05) is 0 Å². The van der Waals surface area contributed by atoms with E-state index in [2.05, 4.69) is 0 Å². The molecule has 0 heterocycles. The molecule has 0 saturated carbocycles. The van der Waals surface area contributed by atoms with Gasteiger partial charge in [0.2, 0.25) is 0 Å². The van der Waals surface area contributed by atoms with Gasteiger partial charge in [0.25, 0.3) is 0 Å². The summed E-state index contributed by atoms with van der Waals surface area (Å²) in [5.41, 5.74) is -0.817. The largest absolute Gasteiger partial charge is 0.417 e. The second-order valence-corrected chi connectivity index (χ2v) is 2.65. The van der Waals surface area contributed by atoms with E-state index in [1.807, 2.05) is 0 Å². The first kappa shape index (κ1) is 9.77. The smallest absolute Gasteiger partial charge is 0.298 e. The van der Waals surface area contributed by atoms with Gasteiger partial charge in [-0.3, -0.25) is 4.79 Å². The Labute approximate surface area is 73.2 Å². The quantitative estimate of drug-likeness (QED) is 0.619. The lowest BCUT2D eigenvalue weighted by molar-refractivity contribution is -0.137. The summed E-state index contributed by atoms with van der Waals surface area (Å²) in [5, 5.41) is 0. The Morgan fingerprint density at radius 1 is 1.31 bits per heavy atom. The number of hydrogen-bond donors (Lipinski definition) is 0. The van der Waals surface area contributed by atoms with Crippen LogP contribution in [0.5, 0.6) is 0 Å². The highest BCUT2D eigenvalue weighted by atomic mass is 19.4. The molecule has 1 aromatic carbocycles. The molecule has 1 aromatic rings. The van der Waals surface area contributed by atoms with E-state index in [1.165, 1.54) is 19.1 Å². The molecule has 4 heteroatoms. The summed E-state index contributed by atoms with van der Waals surface area (Å²) in [4.78, 5) is 10.4. The molecule has 0 amide bonds. The molecule has 0 aromatic heterocycles. The second-order valence-electron chi connectivity index (χ2n) is 2.65. The Hall–Kier alpha value is -1.32. The lowest BCUT2D eigenvalue weighted by Gasteiger charge is -2.10. The molecular formula is C9H7F3O. The first-order valence-electron chi connectivity index (χ1n) is 3.59. The fraction of sp³-hybridized carbons (Fsp3) is 0.222. The molecule has 0 aliphatic rings. The van der Waals surface area contributed by atoms with Crippen LogP contribution in [0.3, 0.4) is 0 Å². The first-order valence-corrected chi connectivity index (χ1v) is 3.59. The fourth-order valence-corrected chi connectivity index (χ4v) is 1.08. The fourth-order valence-electron chi connectivity index (χ4n) is 1.08. The van der Waals surface area contributed by atoms with E-state index in [1.54, 1.807) is 0 Å². The van der Waals surface area contributed by atoms with Crippen molar-refractivity contribution >= 4 is 6.29 Å². The molecule has 0 fully saturated rings. The highest BCUT2D eigenvalue weighted by molar-refractivity contribution is 5.79. The third-order valence-corrected chi connectivity index (χ3v) is 1.75. The molecule has 0 aliphatic carbocycles. The Morgan fingerprint density at radius 2 is 1.92 bits per heavy atom. The maximum Gasteiger partial charge on any atom is 0.417 e. The van der Waals surface area contributed by atoms with Crippen LogP contribution in [-0.2, 0) is 6.18 Å². The minimum absolute atomic E-state index is 0.234. The molecule has 70 valence electrons. The van der Waals surface area contributed by atoms with Crippen LogP contribution in [0.4, 0.5) is 13.2 Å². The van der Waals surface area contributed by atoms with Crippen molar-refractivity contribution in [1.82, 2.24) is 0 Å². The Morgan fingerprint density at radius 3 is 2.31 bits per heavy atom. The lowest BCUT2D eigenvalue weighted by atomic mass is 10.0. The van der Waals surface area contributed by atoms with Gasteiger partial charge < -0.3 is 0 Å². The summed E-state index contributed by atoms with van der Waals surface area (Å²) in [5.74, 6) is 0. The minimum atomic E-state index is -4.46. The standard InChI is InChI=1S/C9H7F3O/c1-6-3-2-4-8(7(6)5-13)9(10,11)12/h2-5H,1H3. The minimum Gasteiger partial charge on any atom is -0.298 e. The van der Waals surface area contributed by atoms with Gasteiger partial charge in [0.15, 0.2) is 6.29 Å². The van der Waals surface area contributed by atoms with Gasteiger partial charge in [0.05, 0.1) is 5.56 Å². The summed E-state index contributed by atoms with van der Waals surface area (Å²) in [7, 11) is 0. The van der Waals surface area contributed by atoms with E-state index < -0.39 is 11.7 Å². The van der Waals surface area contributed by atoms with Crippen molar-refractivity contribution in [2.45, 2.75) is 13.1 Å². The lowest BCUT2D eigenvalue weighted by Crippen LogP contribution is -2.09. The summed E-state index contributed by atoms with van der Waals surface area (Å²) >= 11 is 0. The van der Waals surface area contributed by atoms with E-state index in [9.17, 15) is 18.0 Å². The number of aryl methyl sites for hydroxylation is 1. The third kappa shape index (κ3) is 1.88. The Bertz CT molecular complexity index is 328. The van der Waals surface area contributed by atoms with Gasteiger partial charge in [-0.2, -0.15) is 13.2 Å². The number of carbonyl (C=O) groups is 1. The summed E-state index contributed by atoms with van der Waals surface area (Å²) in [6.45, 7) is 1.47. The van der Waals surface area contributed by atoms with Crippen molar-refractivity contribution in [3.63, 3.8) is 0 Å². The van der Waals surface area contributed by atoms with E-state index in [-0.39, 0.29) is 11.8 Å². The van der Waals surface area contributed by atoms with Crippen LogP contribution in [0.15, 0.2) is 18.2 Å². The molecule has 0 radical (unpaired) electrons. The predicted molar refractivity (Wildman–Crippen MR) is 41.6 cm³/mol. The molecule has 0 atom stereocenters. The molecule has 0 aliphatic heterocycles. The van der Waals surface area contributed by atoms with Gasteiger partial charge in [0, 0.05) is 5.56 Å². The zero-order valence-corrected chi connectivity index (χ0v) is 6.85. The molecule has 0 spiro atoms. The average molecular weight is 188 g/mol. The average Bonchev–Trinajstić information content (AvgIpc) is 2.02. The molecule has 0 bridgehead atoms. The van der Waals surface area contributed by atoms with Crippen molar-refractivity contribution in [2.24, 2.45) is 0 Å². The van der Waals surface area contributed by atoms with Crippen molar-refractivity contribution in [3.05, 3.63) is 34.9 Å². The second kappa shape index (κ2) is 3.20. The molecule has 1 rings (SSSR count). The van der Waals surface area contributed by atoms with Crippen LogP contribution in [0.2, 0.25) is 0 Å². The Kier molecular flexibility index (Phi) is 2.40. The number of halogens is 3. The van der Waals surface area contributed by atoms with E-state index in [4.69, 9.17) is 0 Å². The highest BCUT2D eigenvalue weighted by Gasteiger charge is 2.33. The zero-order valence-electron chi connectivity index (χ0n) is 6.85. The van der Waals surface area contributed by atoms with Crippen LogP contribution in [0, 0.1) is 6.92 Å². The van der Waals surface area contributed by atoms with Crippen LogP contribution >= 0.6 is 0 Å². The molecule has 0 N–H and O–H groups in total. The summed E-state index contributed by atoms with van der Waals surface area (Å²) < 4.78 is 36.8. The highest BCUT2D eigenvalue weighted by Crippen LogP contribution is 2.32. The van der Waals surface area contributed by atoms with Crippen LogP contribution in [0.1, 0.15) is 21.5 Å². The molecule has 13 heavy (non-hydrogen) atoms. The summed E-state index contributed by atoms with van der Waals surface area (Å²) in [6, 6.07) is 3.65. The predicted octanol–water partition coefficient (Wildman–Crippen LogP) is 2.83. The van der Waals surface area contributed by atoms with Crippen molar-refractivity contribution < 1.29 is 18.0 Å². The topological polar surface area (TPSA) is 17.1 Å². The molecule has 0 saturated heterocycles. The monoisotopic (exact) mass is 188 g/mol. The Balaban J connectivity index is 3.37. The van der Waals surface area contributed by atoms with Crippen LogP contribution in [0.25, 0.3) is 0 Å². The van der Waals surface area contributed by atoms with Gasteiger partial charge in [-0.25, -0.2) is 0 Å². The van der Waals surface area contributed by atoms with Crippen LogP contribution in [-0.4, -0.2) is 6.29 Å².